The molecule has 16 heavy (non-hydrogen) atoms. The lowest BCUT2D eigenvalue weighted by molar-refractivity contribution is -0.118. The van der Waals surface area contributed by atoms with Crippen molar-refractivity contribution in [2.24, 2.45) is 11.7 Å². The molecule has 1 aromatic rings. The fraction of sp³-hybridized carbons (Fsp3) is 0.417. The van der Waals surface area contributed by atoms with Gasteiger partial charge in [0.25, 0.3) is 0 Å². The number of anilines is 1. The Balaban J connectivity index is 2.69. The predicted octanol–water partition coefficient (Wildman–Crippen LogP) is 1.62. The highest BCUT2D eigenvalue weighted by Gasteiger charge is 2.17. The molecule has 0 bridgehead atoms. The first-order valence-electron chi connectivity index (χ1n) is 5.25. The van der Waals surface area contributed by atoms with Crippen molar-refractivity contribution in [3.05, 3.63) is 24.3 Å². The summed E-state index contributed by atoms with van der Waals surface area (Å²) >= 11 is 0. The Morgan fingerprint density at radius 3 is 2.69 bits per heavy atom. The summed E-state index contributed by atoms with van der Waals surface area (Å²) in [6.45, 7) is 3.83. The van der Waals surface area contributed by atoms with Crippen LogP contribution in [0.15, 0.2) is 24.3 Å². The van der Waals surface area contributed by atoms with Crippen LogP contribution in [-0.4, -0.2) is 19.1 Å². The fourth-order valence-electron chi connectivity index (χ4n) is 1.23. The number of ether oxygens (including phenoxy) is 1. The van der Waals surface area contributed by atoms with Crippen LogP contribution in [0, 0.1) is 5.92 Å². The van der Waals surface area contributed by atoms with E-state index in [4.69, 9.17) is 10.5 Å². The molecule has 4 nitrogen and oxygen atoms in total. The summed E-state index contributed by atoms with van der Waals surface area (Å²) in [5.74, 6) is 0.643. The van der Waals surface area contributed by atoms with Crippen molar-refractivity contribution in [1.82, 2.24) is 0 Å². The minimum absolute atomic E-state index is 0.116. The van der Waals surface area contributed by atoms with E-state index in [1.54, 1.807) is 19.2 Å². The van der Waals surface area contributed by atoms with E-state index in [1.807, 2.05) is 26.0 Å². The van der Waals surface area contributed by atoms with Crippen molar-refractivity contribution in [3.63, 3.8) is 0 Å². The number of benzene rings is 1. The standard InChI is InChI=1S/C12H18N2O2/c1-8(2)11(13)12(15)14-9-5-4-6-10(7-9)16-3/h4-8,11H,13H2,1-3H3,(H,14,15)/t11-/m0/s1. The highest BCUT2D eigenvalue weighted by Crippen LogP contribution is 2.17. The highest BCUT2D eigenvalue weighted by molar-refractivity contribution is 5.94. The molecule has 0 aliphatic rings. The van der Waals surface area contributed by atoms with E-state index in [-0.39, 0.29) is 11.8 Å². The quantitative estimate of drug-likeness (QED) is 0.813. The summed E-state index contributed by atoms with van der Waals surface area (Å²) in [4.78, 5) is 11.7. The fourth-order valence-corrected chi connectivity index (χ4v) is 1.23. The average molecular weight is 222 g/mol. The Kier molecular flexibility index (Phi) is 4.31. The van der Waals surface area contributed by atoms with Crippen LogP contribution in [0.1, 0.15) is 13.8 Å². The van der Waals surface area contributed by atoms with Crippen LogP contribution in [0.25, 0.3) is 0 Å². The minimum Gasteiger partial charge on any atom is -0.497 e. The Morgan fingerprint density at radius 1 is 1.44 bits per heavy atom. The maximum absolute atomic E-state index is 11.7. The van der Waals surface area contributed by atoms with Crippen LogP contribution in [0.2, 0.25) is 0 Å². The number of nitrogens with one attached hydrogen (secondary N) is 1. The molecule has 0 fully saturated rings. The Bertz CT molecular complexity index is 364. The topological polar surface area (TPSA) is 64.3 Å². The smallest absolute Gasteiger partial charge is 0.241 e. The van der Waals surface area contributed by atoms with Crippen LogP contribution in [0.3, 0.4) is 0 Å². The molecule has 1 aromatic carbocycles. The second kappa shape index (κ2) is 5.51. The molecule has 0 aliphatic heterocycles. The Hall–Kier alpha value is -1.55. The van der Waals surface area contributed by atoms with Crippen LogP contribution >= 0.6 is 0 Å². The number of hydrogen-bond donors (Lipinski definition) is 2. The van der Waals surface area contributed by atoms with Gasteiger partial charge in [-0.05, 0) is 18.1 Å². The number of carbonyl (C=O) groups is 1. The molecular weight excluding hydrogens is 204 g/mol. The van der Waals surface area contributed by atoms with E-state index < -0.39 is 6.04 Å². The Morgan fingerprint density at radius 2 is 2.12 bits per heavy atom. The van der Waals surface area contributed by atoms with E-state index in [0.29, 0.717) is 11.4 Å². The van der Waals surface area contributed by atoms with Crippen molar-refractivity contribution in [1.29, 1.82) is 0 Å². The van der Waals surface area contributed by atoms with E-state index in [2.05, 4.69) is 5.32 Å². The van der Waals surface area contributed by atoms with Gasteiger partial charge >= 0.3 is 0 Å². The number of carbonyl (C=O) groups excluding carboxylic acids is 1. The second-order valence-electron chi connectivity index (χ2n) is 3.99. The summed E-state index contributed by atoms with van der Waals surface area (Å²) < 4.78 is 5.06. The molecule has 3 N–H and O–H groups in total. The first kappa shape index (κ1) is 12.5. The summed E-state index contributed by atoms with van der Waals surface area (Å²) in [6, 6.07) is 6.69. The minimum atomic E-state index is -0.494. The monoisotopic (exact) mass is 222 g/mol. The van der Waals surface area contributed by atoms with Gasteiger partial charge in [0.15, 0.2) is 0 Å². The van der Waals surface area contributed by atoms with E-state index >= 15 is 0 Å². The van der Waals surface area contributed by atoms with Gasteiger partial charge in [0.2, 0.25) is 5.91 Å². The lowest BCUT2D eigenvalue weighted by Gasteiger charge is -2.15. The summed E-state index contributed by atoms with van der Waals surface area (Å²) in [6.07, 6.45) is 0. The molecule has 88 valence electrons. The van der Waals surface area contributed by atoms with Crippen LogP contribution in [-0.2, 0) is 4.79 Å². The van der Waals surface area contributed by atoms with Gasteiger partial charge in [-0.15, -0.1) is 0 Å². The number of methoxy groups -OCH3 is 1. The zero-order valence-electron chi connectivity index (χ0n) is 9.86. The first-order chi connectivity index (χ1) is 7.54. The van der Waals surface area contributed by atoms with Gasteiger partial charge in [-0.3, -0.25) is 4.79 Å². The SMILES string of the molecule is COc1cccc(NC(=O)[C@@H](N)C(C)C)c1. The zero-order valence-corrected chi connectivity index (χ0v) is 9.86. The molecule has 0 saturated heterocycles. The lowest BCUT2D eigenvalue weighted by atomic mass is 10.0. The van der Waals surface area contributed by atoms with Crippen LogP contribution in [0.4, 0.5) is 5.69 Å². The molecule has 0 saturated carbocycles. The van der Waals surface area contributed by atoms with Crippen molar-refractivity contribution in [2.75, 3.05) is 12.4 Å². The van der Waals surface area contributed by atoms with Gasteiger partial charge in [-0.1, -0.05) is 19.9 Å². The largest absolute Gasteiger partial charge is 0.497 e. The molecule has 0 radical (unpaired) electrons. The number of nitrogens with two attached hydrogens (primary N) is 1. The van der Waals surface area contributed by atoms with E-state index in [0.717, 1.165) is 0 Å². The second-order valence-corrected chi connectivity index (χ2v) is 3.99. The summed E-state index contributed by atoms with van der Waals surface area (Å²) in [7, 11) is 1.58. The molecule has 0 spiro atoms. The molecule has 0 unspecified atom stereocenters. The molecular formula is C12H18N2O2. The zero-order chi connectivity index (χ0) is 12.1. The molecule has 1 atom stereocenters. The maximum Gasteiger partial charge on any atom is 0.241 e. The van der Waals surface area contributed by atoms with E-state index in [9.17, 15) is 4.79 Å². The number of hydrogen-bond acceptors (Lipinski definition) is 3. The maximum atomic E-state index is 11.7. The number of amides is 1. The molecule has 1 rings (SSSR count). The van der Waals surface area contributed by atoms with Crippen molar-refractivity contribution < 1.29 is 9.53 Å². The number of rotatable bonds is 4. The average Bonchev–Trinajstić information content (AvgIpc) is 2.28. The van der Waals surface area contributed by atoms with Gasteiger partial charge in [-0.2, -0.15) is 0 Å². The van der Waals surface area contributed by atoms with Gasteiger partial charge < -0.3 is 15.8 Å². The molecule has 4 heteroatoms. The van der Waals surface area contributed by atoms with Crippen molar-refractivity contribution >= 4 is 11.6 Å². The van der Waals surface area contributed by atoms with Crippen molar-refractivity contribution in [3.8, 4) is 5.75 Å². The predicted molar refractivity (Wildman–Crippen MR) is 64.4 cm³/mol. The lowest BCUT2D eigenvalue weighted by Crippen LogP contribution is -2.39. The summed E-state index contributed by atoms with van der Waals surface area (Å²) in [5.41, 5.74) is 6.43. The third-order valence-corrected chi connectivity index (χ3v) is 2.36. The molecule has 0 aromatic heterocycles. The molecule has 1 amide bonds. The molecule has 0 aliphatic carbocycles. The van der Waals surface area contributed by atoms with Gasteiger partial charge in [0, 0.05) is 11.8 Å². The first-order valence-corrected chi connectivity index (χ1v) is 5.25. The summed E-state index contributed by atoms with van der Waals surface area (Å²) in [5, 5.41) is 2.75. The Labute approximate surface area is 95.8 Å². The van der Waals surface area contributed by atoms with Crippen molar-refractivity contribution in [2.45, 2.75) is 19.9 Å². The van der Waals surface area contributed by atoms with Gasteiger partial charge in [0.05, 0.1) is 13.2 Å². The van der Waals surface area contributed by atoms with Crippen LogP contribution in [0.5, 0.6) is 5.75 Å². The van der Waals surface area contributed by atoms with Crippen LogP contribution < -0.4 is 15.8 Å². The normalized spacial score (nSPS) is 12.3. The highest BCUT2D eigenvalue weighted by atomic mass is 16.5. The van der Waals surface area contributed by atoms with Gasteiger partial charge in [-0.25, -0.2) is 0 Å². The third-order valence-electron chi connectivity index (χ3n) is 2.36. The molecule has 0 heterocycles. The third kappa shape index (κ3) is 3.24. The van der Waals surface area contributed by atoms with Gasteiger partial charge in [0.1, 0.15) is 5.75 Å². The van der Waals surface area contributed by atoms with E-state index in [1.165, 1.54) is 0 Å².